The summed E-state index contributed by atoms with van der Waals surface area (Å²) in [4.78, 5) is 2.25. The van der Waals surface area contributed by atoms with E-state index < -0.39 is 5.60 Å². The van der Waals surface area contributed by atoms with Gasteiger partial charge in [-0.25, -0.2) is 0 Å². The Labute approximate surface area is 130 Å². The summed E-state index contributed by atoms with van der Waals surface area (Å²) in [6, 6.07) is 7.90. The van der Waals surface area contributed by atoms with Crippen molar-refractivity contribution in [1.29, 1.82) is 0 Å². The van der Waals surface area contributed by atoms with E-state index >= 15 is 0 Å². The molecule has 0 aliphatic carbocycles. The fourth-order valence-corrected chi connectivity index (χ4v) is 2.90. The number of β-amino-alcohol motifs (C(OH)–C–C–N with tert-alkyl or cyclic N) is 1. The van der Waals surface area contributed by atoms with Crippen molar-refractivity contribution in [3.8, 4) is 5.75 Å². The van der Waals surface area contributed by atoms with E-state index in [4.69, 9.17) is 4.74 Å². The number of benzene rings is 1. The summed E-state index contributed by atoms with van der Waals surface area (Å²) in [6.07, 6.45) is 2.59. The smallest absolute Gasteiger partial charge is 0.122 e. The molecule has 3 rings (SSSR count). The van der Waals surface area contributed by atoms with E-state index in [0.717, 1.165) is 36.5 Å². The minimum atomic E-state index is -0.778. The first-order valence-electron chi connectivity index (χ1n) is 7.68. The Balaban J connectivity index is 1.56. The van der Waals surface area contributed by atoms with Crippen LogP contribution in [-0.4, -0.2) is 45.5 Å². The molecule has 5 heteroatoms. The molecule has 1 aromatic heterocycles. The number of aromatic amines is 1. The average molecular weight is 301 g/mol. The topological polar surface area (TPSA) is 61.4 Å². The minimum Gasteiger partial charge on any atom is -0.490 e. The molecule has 0 spiro atoms. The third-order valence-corrected chi connectivity index (χ3v) is 4.33. The largest absolute Gasteiger partial charge is 0.490 e. The Morgan fingerprint density at radius 3 is 2.91 bits per heavy atom. The van der Waals surface area contributed by atoms with Crippen LogP contribution in [0.2, 0.25) is 0 Å². The number of H-pyrrole nitrogens is 1. The SMILES string of the molecule is Cc1ccccc1OC[C@@]1(O)CCN(Cc2cn[nH]c2C)C1. The standard InChI is InChI=1S/C17H23N3O2/c1-13-5-3-4-6-16(13)22-12-17(21)7-8-20(11-17)10-15-9-18-19-14(15)2/h3-6,9,21H,7-8,10-12H2,1-2H3,(H,18,19)/t17-/m1/s1. The predicted octanol–water partition coefficient (Wildman–Crippen LogP) is 2.04. The van der Waals surface area contributed by atoms with Crippen LogP contribution in [0.4, 0.5) is 0 Å². The molecule has 22 heavy (non-hydrogen) atoms. The van der Waals surface area contributed by atoms with Crippen molar-refractivity contribution < 1.29 is 9.84 Å². The lowest BCUT2D eigenvalue weighted by molar-refractivity contribution is 0.00318. The highest BCUT2D eigenvalue weighted by molar-refractivity contribution is 5.31. The van der Waals surface area contributed by atoms with E-state index in [1.165, 1.54) is 5.56 Å². The van der Waals surface area contributed by atoms with Gasteiger partial charge in [-0.2, -0.15) is 5.10 Å². The molecule has 0 bridgehead atoms. The van der Waals surface area contributed by atoms with Gasteiger partial charge in [-0.1, -0.05) is 18.2 Å². The number of nitrogens with zero attached hydrogens (tertiary/aromatic N) is 2. The molecule has 0 amide bonds. The van der Waals surface area contributed by atoms with Gasteiger partial charge in [-0.15, -0.1) is 0 Å². The number of likely N-dealkylation sites (tertiary alicyclic amines) is 1. The summed E-state index contributed by atoms with van der Waals surface area (Å²) >= 11 is 0. The van der Waals surface area contributed by atoms with Crippen molar-refractivity contribution in [3.05, 3.63) is 47.3 Å². The van der Waals surface area contributed by atoms with E-state index in [0.29, 0.717) is 13.2 Å². The minimum absolute atomic E-state index is 0.332. The van der Waals surface area contributed by atoms with Gasteiger partial charge in [0.1, 0.15) is 18.0 Å². The number of aryl methyl sites for hydroxylation is 2. The normalized spacial score (nSPS) is 22.1. The first kappa shape index (κ1) is 15.1. The number of hydrogen-bond donors (Lipinski definition) is 2. The van der Waals surface area contributed by atoms with E-state index in [9.17, 15) is 5.11 Å². The molecule has 0 unspecified atom stereocenters. The maximum absolute atomic E-state index is 10.7. The van der Waals surface area contributed by atoms with Crippen molar-refractivity contribution >= 4 is 0 Å². The number of hydrogen-bond acceptors (Lipinski definition) is 4. The Morgan fingerprint density at radius 1 is 1.36 bits per heavy atom. The predicted molar refractivity (Wildman–Crippen MR) is 84.8 cm³/mol. The van der Waals surface area contributed by atoms with Gasteiger partial charge >= 0.3 is 0 Å². The van der Waals surface area contributed by atoms with Gasteiger partial charge in [0.25, 0.3) is 0 Å². The molecule has 2 heterocycles. The molecule has 5 nitrogen and oxygen atoms in total. The summed E-state index contributed by atoms with van der Waals surface area (Å²) in [5.41, 5.74) is 2.59. The molecule has 0 radical (unpaired) electrons. The summed E-state index contributed by atoms with van der Waals surface area (Å²) in [7, 11) is 0. The van der Waals surface area contributed by atoms with Gasteiger partial charge in [0.2, 0.25) is 0 Å². The monoisotopic (exact) mass is 301 g/mol. The molecule has 1 fully saturated rings. The van der Waals surface area contributed by atoms with E-state index in [-0.39, 0.29) is 0 Å². The Hall–Kier alpha value is -1.85. The first-order chi connectivity index (χ1) is 10.6. The number of aliphatic hydroxyl groups is 1. The summed E-state index contributed by atoms with van der Waals surface area (Å²) in [5, 5.41) is 17.7. The number of nitrogens with one attached hydrogen (secondary N) is 1. The van der Waals surface area contributed by atoms with Crippen molar-refractivity contribution in [2.45, 2.75) is 32.4 Å². The molecule has 1 saturated heterocycles. The van der Waals surface area contributed by atoms with E-state index in [1.807, 2.05) is 44.3 Å². The fourth-order valence-electron chi connectivity index (χ4n) is 2.90. The molecular weight excluding hydrogens is 278 g/mol. The van der Waals surface area contributed by atoms with E-state index in [1.54, 1.807) is 0 Å². The zero-order valence-corrected chi connectivity index (χ0v) is 13.2. The highest BCUT2D eigenvalue weighted by Crippen LogP contribution is 2.25. The third kappa shape index (κ3) is 3.31. The Kier molecular flexibility index (Phi) is 4.18. The highest BCUT2D eigenvalue weighted by atomic mass is 16.5. The van der Waals surface area contributed by atoms with Gasteiger partial charge in [0.15, 0.2) is 0 Å². The van der Waals surface area contributed by atoms with Crippen LogP contribution < -0.4 is 4.74 Å². The molecule has 2 aromatic rings. The van der Waals surface area contributed by atoms with Crippen LogP contribution in [0, 0.1) is 13.8 Å². The van der Waals surface area contributed by atoms with Crippen LogP contribution in [0.3, 0.4) is 0 Å². The lowest BCUT2D eigenvalue weighted by Crippen LogP contribution is -2.39. The molecule has 1 atom stereocenters. The second-order valence-corrected chi connectivity index (χ2v) is 6.26. The number of aromatic nitrogens is 2. The Bertz CT molecular complexity index is 640. The summed E-state index contributed by atoms with van der Waals surface area (Å²) in [5.74, 6) is 0.847. The number of para-hydroxylation sites is 1. The van der Waals surface area contributed by atoms with Crippen LogP contribution in [0.1, 0.15) is 23.2 Å². The Morgan fingerprint density at radius 2 is 2.18 bits per heavy atom. The van der Waals surface area contributed by atoms with Gasteiger partial charge in [-0.05, 0) is 31.9 Å². The molecule has 1 aliphatic rings. The van der Waals surface area contributed by atoms with Crippen LogP contribution in [-0.2, 0) is 6.54 Å². The zero-order valence-electron chi connectivity index (χ0n) is 13.2. The van der Waals surface area contributed by atoms with Gasteiger partial charge in [-0.3, -0.25) is 10.00 Å². The molecule has 1 aliphatic heterocycles. The van der Waals surface area contributed by atoms with Crippen molar-refractivity contribution in [3.63, 3.8) is 0 Å². The van der Waals surface area contributed by atoms with Crippen molar-refractivity contribution in [2.75, 3.05) is 19.7 Å². The molecule has 2 N–H and O–H groups in total. The van der Waals surface area contributed by atoms with Crippen LogP contribution in [0.25, 0.3) is 0 Å². The lowest BCUT2D eigenvalue weighted by Gasteiger charge is -2.24. The quantitative estimate of drug-likeness (QED) is 0.887. The fraction of sp³-hybridized carbons (Fsp3) is 0.471. The van der Waals surface area contributed by atoms with Crippen molar-refractivity contribution in [2.24, 2.45) is 0 Å². The zero-order chi connectivity index (χ0) is 15.6. The number of ether oxygens (including phenoxy) is 1. The lowest BCUT2D eigenvalue weighted by atomic mass is 10.1. The van der Waals surface area contributed by atoms with Gasteiger partial charge in [0, 0.05) is 30.9 Å². The third-order valence-electron chi connectivity index (χ3n) is 4.33. The first-order valence-corrected chi connectivity index (χ1v) is 7.68. The number of rotatable bonds is 5. The van der Waals surface area contributed by atoms with Crippen LogP contribution in [0.15, 0.2) is 30.5 Å². The van der Waals surface area contributed by atoms with Crippen molar-refractivity contribution in [1.82, 2.24) is 15.1 Å². The van der Waals surface area contributed by atoms with E-state index in [2.05, 4.69) is 15.1 Å². The molecule has 1 aromatic carbocycles. The molecular formula is C17H23N3O2. The summed E-state index contributed by atoms with van der Waals surface area (Å²) in [6.45, 7) is 6.68. The summed E-state index contributed by atoms with van der Waals surface area (Å²) < 4.78 is 5.84. The highest BCUT2D eigenvalue weighted by Gasteiger charge is 2.37. The average Bonchev–Trinajstić information content (AvgIpc) is 3.06. The molecule has 0 saturated carbocycles. The van der Waals surface area contributed by atoms with Gasteiger partial charge in [0.05, 0.1) is 6.20 Å². The van der Waals surface area contributed by atoms with Gasteiger partial charge < -0.3 is 9.84 Å². The maximum atomic E-state index is 10.7. The maximum Gasteiger partial charge on any atom is 0.122 e. The second kappa shape index (κ2) is 6.10. The van der Waals surface area contributed by atoms with Crippen LogP contribution >= 0.6 is 0 Å². The second-order valence-electron chi connectivity index (χ2n) is 6.26. The van der Waals surface area contributed by atoms with Crippen LogP contribution in [0.5, 0.6) is 5.75 Å². The molecule has 118 valence electrons.